The number of hydrogen-bond donors (Lipinski definition) is 0. The average Bonchev–Trinajstić information content (AvgIpc) is 2.75. The van der Waals surface area contributed by atoms with E-state index >= 15 is 0 Å². The highest BCUT2D eigenvalue weighted by molar-refractivity contribution is 6.03. The molecule has 0 atom stereocenters. The van der Waals surface area contributed by atoms with Gasteiger partial charge in [-0.15, -0.1) is 0 Å². The summed E-state index contributed by atoms with van der Waals surface area (Å²) in [4.78, 5) is 0. The second-order valence-corrected chi connectivity index (χ2v) is 7.87. The van der Waals surface area contributed by atoms with Gasteiger partial charge >= 0.3 is 6.18 Å². The number of alkyl halides is 3. The van der Waals surface area contributed by atoms with Crippen molar-refractivity contribution < 1.29 is 13.2 Å². The van der Waals surface area contributed by atoms with Gasteiger partial charge in [0, 0.05) is 0 Å². The fourth-order valence-electron chi connectivity index (χ4n) is 4.02. The van der Waals surface area contributed by atoms with E-state index in [1.54, 1.807) is 12.1 Å². The molecule has 0 spiro atoms. The standard InChI is InChI=1S/C28H27F3/c1-6-22-23(7-2)27(20-14-16-21(17-15-20)28(29,30)31)25-11-9-8-10-24(25)26(22)19(5)13-12-18(3)4/h6-17H,1-5H3/b19-13+,22-6+,23-7+. The van der Waals surface area contributed by atoms with Gasteiger partial charge in [-0.1, -0.05) is 66.3 Å². The van der Waals surface area contributed by atoms with E-state index in [9.17, 15) is 13.2 Å². The molecule has 3 aromatic rings. The van der Waals surface area contributed by atoms with Gasteiger partial charge in [-0.25, -0.2) is 0 Å². The fourth-order valence-corrected chi connectivity index (χ4v) is 4.02. The van der Waals surface area contributed by atoms with Gasteiger partial charge in [-0.3, -0.25) is 0 Å². The Balaban J connectivity index is 2.45. The predicted molar refractivity (Wildman–Crippen MR) is 127 cm³/mol. The lowest BCUT2D eigenvalue weighted by Crippen LogP contribution is -2.30. The van der Waals surface area contributed by atoms with Gasteiger partial charge in [-0.05, 0) is 90.2 Å². The predicted octanol–water partition coefficient (Wildman–Crippen LogP) is 7.50. The summed E-state index contributed by atoms with van der Waals surface area (Å²) in [5.74, 6) is 0. The number of halogens is 3. The van der Waals surface area contributed by atoms with Crippen molar-refractivity contribution in [2.24, 2.45) is 0 Å². The molecule has 0 aliphatic carbocycles. The molecular weight excluding hydrogens is 393 g/mol. The average molecular weight is 421 g/mol. The van der Waals surface area contributed by atoms with Crippen LogP contribution in [0.3, 0.4) is 0 Å². The van der Waals surface area contributed by atoms with Crippen molar-refractivity contribution in [3.63, 3.8) is 0 Å². The van der Waals surface area contributed by atoms with Crippen LogP contribution in [0.5, 0.6) is 0 Å². The second-order valence-electron chi connectivity index (χ2n) is 7.87. The molecule has 160 valence electrons. The Morgan fingerprint density at radius 2 is 1.32 bits per heavy atom. The lowest BCUT2D eigenvalue weighted by Gasteiger charge is -2.16. The van der Waals surface area contributed by atoms with Crippen molar-refractivity contribution in [2.75, 3.05) is 0 Å². The lowest BCUT2D eigenvalue weighted by molar-refractivity contribution is -0.137. The van der Waals surface area contributed by atoms with Gasteiger partial charge in [0.2, 0.25) is 0 Å². The molecule has 0 N–H and O–H groups in total. The van der Waals surface area contributed by atoms with Crippen molar-refractivity contribution in [2.45, 2.75) is 40.8 Å². The van der Waals surface area contributed by atoms with Crippen molar-refractivity contribution in [1.29, 1.82) is 0 Å². The molecule has 0 fully saturated rings. The first-order chi connectivity index (χ1) is 14.7. The van der Waals surface area contributed by atoms with E-state index in [0.717, 1.165) is 55.6 Å². The minimum Gasteiger partial charge on any atom is -0.166 e. The maximum absolute atomic E-state index is 13.1. The normalized spacial score (nSPS) is 13.7. The number of benzene rings is 3. The van der Waals surface area contributed by atoms with Gasteiger partial charge in [0.05, 0.1) is 5.56 Å². The minimum absolute atomic E-state index is 0.637. The molecule has 3 aromatic carbocycles. The van der Waals surface area contributed by atoms with Crippen LogP contribution in [-0.2, 0) is 6.18 Å². The number of fused-ring (bicyclic) bond motifs is 1. The molecule has 0 heterocycles. The van der Waals surface area contributed by atoms with E-state index < -0.39 is 11.7 Å². The van der Waals surface area contributed by atoms with E-state index in [2.05, 4.69) is 45.1 Å². The maximum Gasteiger partial charge on any atom is 0.416 e. The Kier molecular flexibility index (Phi) is 6.54. The monoisotopic (exact) mass is 420 g/mol. The fraction of sp³-hybridized carbons (Fsp3) is 0.214. The van der Waals surface area contributed by atoms with Crippen molar-refractivity contribution in [1.82, 2.24) is 0 Å². The third-order valence-electron chi connectivity index (χ3n) is 5.43. The quantitative estimate of drug-likeness (QED) is 0.385. The summed E-state index contributed by atoms with van der Waals surface area (Å²) >= 11 is 0. The molecule has 0 saturated heterocycles. The number of allylic oxidation sites excluding steroid dienone is 4. The summed E-state index contributed by atoms with van der Waals surface area (Å²) in [6.45, 7) is 10.2. The summed E-state index contributed by atoms with van der Waals surface area (Å²) in [6, 6.07) is 13.6. The molecule has 0 aromatic heterocycles. The van der Waals surface area contributed by atoms with Gasteiger partial charge in [0.15, 0.2) is 0 Å². The second kappa shape index (κ2) is 8.97. The third-order valence-corrected chi connectivity index (χ3v) is 5.43. The lowest BCUT2D eigenvalue weighted by atomic mass is 9.88. The SMILES string of the molecule is C/C=c1/c(/C(C)=C/C=C(C)C)c2ccccc2c(-c2ccc(C(F)(F)F)cc2)/c1=C/C. The molecule has 0 radical (unpaired) electrons. The number of hydrogen-bond acceptors (Lipinski definition) is 0. The van der Waals surface area contributed by atoms with E-state index in [1.165, 1.54) is 5.57 Å². The van der Waals surface area contributed by atoms with Gasteiger partial charge in [0.1, 0.15) is 0 Å². The minimum atomic E-state index is -4.35. The summed E-state index contributed by atoms with van der Waals surface area (Å²) in [6.07, 6.45) is 4.01. The van der Waals surface area contributed by atoms with Crippen molar-refractivity contribution in [3.8, 4) is 11.1 Å². The topological polar surface area (TPSA) is 0 Å². The first kappa shape index (κ1) is 22.6. The van der Waals surface area contributed by atoms with Crippen LogP contribution in [0, 0.1) is 0 Å². The molecular formula is C28H27F3. The van der Waals surface area contributed by atoms with Crippen LogP contribution in [0.2, 0.25) is 0 Å². The van der Waals surface area contributed by atoms with E-state index in [-0.39, 0.29) is 0 Å². The highest BCUT2D eigenvalue weighted by Gasteiger charge is 2.30. The molecule has 0 aliphatic heterocycles. The Morgan fingerprint density at radius 1 is 0.742 bits per heavy atom. The zero-order chi connectivity index (χ0) is 22.8. The largest absolute Gasteiger partial charge is 0.416 e. The van der Waals surface area contributed by atoms with Crippen LogP contribution in [0.15, 0.2) is 66.3 Å². The molecule has 0 amide bonds. The summed E-state index contributed by atoms with van der Waals surface area (Å²) in [7, 11) is 0. The third kappa shape index (κ3) is 4.51. The van der Waals surface area contributed by atoms with E-state index in [4.69, 9.17) is 0 Å². The van der Waals surface area contributed by atoms with E-state index in [1.807, 2.05) is 38.1 Å². The van der Waals surface area contributed by atoms with Crippen LogP contribution in [0.1, 0.15) is 45.7 Å². The van der Waals surface area contributed by atoms with Crippen molar-refractivity contribution in [3.05, 3.63) is 87.8 Å². The molecule has 3 heteroatoms. The van der Waals surface area contributed by atoms with Crippen molar-refractivity contribution >= 4 is 28.5 Å². The Hall–Kier alpha value is -3.07. The smallest absolute Gasteiger partial charge is 0.166 e. The Morgan fingerprint density at radius 3 is 1.84 bits per heavy atom. The Labute approximate surface area is 181 Å². The van der Waals surface area contributed by atoms with Crippen LogP contribution < -0.4 is 10.4 Å². The van der Waals surface area contributed by atoms with Gasteiger partial charge in [-0.2, -0.15) is 13.2 Å². The van der Waals surface area contributed by atoms with Crippen LogP contribution in [0.4, 0.5) is 13.2 Å². The highest BCUT2D eigenvalue weighted by Crippen LogP contribution is 2.33. The molecule has 0 aliphatic rings. The zero-order valence-corrected chi connectivity index (χ0v) is 18.6. The first-order valence-corrected chi connectivity index (χ1v) is 10.4. The zero-order valence-electron chi connectivity index (χ0n) is 18.6. The summed E-state index contributed by atoms with van der Waals surface area (Å²) < 4.78 is 39.3. The molecule has 3 rings (SSSR count). The summed E-state index contributed by atoms with van der Waals surface area (Å²) in [5.41, 5.74) is 4.61. The van der Waals surface area contributed by atoms with Gasteiger partial charge in [0.25, 0.3) is 0 Å². The van der Waals surface area contributed by atoms with Crippen LogP contribution in [-0.4, -0.2) is 0 Å². The first-order valence-electron chi connectivity index (χ1n) is 10.4. The molecule has 31 heavy (non-hydrogen) atoms. The van der Waals surface area contributed by atoms with Gasteiger partial charge < -0.3 is 0 Å². The summed E-state index contributed by atoms with van der Waals surface area (Å²) in [5, 5.41) is 4.24. The van der Waals surface area contributed by atoms with Crippen LogP contribution >= 0.6 is 0 Å². The number of rotatable bonds is 3. The Bertz CT molecular complexity index is 1280. The van der Waals surface area contributed by atoms with E-state index in [0.29, 0.717) is 0 Å². The van der Waals surface area contributed by atoms with Crippen LogP contribution in [0.25, 0.3) is 39.6 Å². The highest BCUT2D eigenvalue weighted by atomic mass is 19.4. The maximum atomic E-state index is 13.1. The molecule has 0 unspecified atom stereocenters. The molecule has 0 saturated carbocycles. The molecule has 0 nitrogen and oxygen atoms in total. The molecule has 0 bridgehead atoms.